The van der Waals surface area contributed by atoms with Crippen LogP contribution >= 0.6 is 11.3 Å². The van der Waals surface area contributed by atoms with Gasteiger partial charge < -0.3 is 10.2 Å². The molecule has 17 heavy (non-hydrogen) atoms. The van der Waals surface area contributed by atoms with E-state index in [0.29, 0.717) is 11.9 Å². The van der Waals surface area contributed by atoms with Crippen LogP contribution in [0.25, 0.3) is 10.7 Å². The molecule has 2 rings (SSSR count). The molecular weight excluding hydrogens is 234 g/mol. The van der Waals surface area contributed by atoms with Crippen molar-refractivity contribution in [3.63, 3.8) is 0 Å². The van der Waals surface area contributed by atoms with Crippen molar-refractivity contribution in [1.29, 1.82) is 0 Å². The van der Waals surface area contributed by atoms with E-state index in [9.17, 15) is 0 Å². The van der Waals surface area contributed by atoms with Gasteiger partial charge in [0.1, 0.15) is 0 Å². The number of rotatable bonds is 4. The zero-order valence-electron chi connectivity index (χ0n) is 10.1. The fourth-order valence-corrected chi connectivity index (χ4v) is 1.98. The minimum absolute atomic E-state index is 0.620. The average Bonchev–Trinajstić information content (AvgIpc) is 2.82. The van der Waals surface area contributed by atoms with Crippen LogP contribution in [0.15, 0.2) is 17.5 Å². The van der Waals surface area contributed by atoms with Crippen LogP contribution in [-0.2, 0) is 0 Å². The van der Waals surface area contributed by atoms with Crippen LogP contribution in [0.1, 0.15) is 6.92 Å². The molecule has 6 heteroatoms. The third kappa shape index (κ3) is 2.71. The van der Waals surface area contributed by atoms with Crippen molar-refractivity contribution >= 4 is 23.2 Å². The molecule has 0 atom stereocenters. The second kappa shape index (κ2) is 5.09. The van der Waals surface area contributed by atoms with Crippen molar-refractivity contribution in [2.75, 3.05) is 30.9 Å². The summed E-state index contributed by atoms with van der Waals surface area (Å²) >= 11 is 1.62. The van der Waals surface area contributed by atoms with Gasteiger partial charge in [-0.1, -0.05) is 6.07 Å². The first-order valence-electron chi connectivity index (χ1n) is 5.42. The molecule has 0 spiro atoms. The maximum Gasteiger partial charge on any atom is 0.230 e. The first-order chi connectivity index (χ1) is 8.20. The Morgan fingerprint density at radius 2 is 2.12 bits per heavy atom. The second-order valence-electron chi connectivity index (χ2n) is 3.68. The van der Waals surface area contributed by atoms with Gasteiger partial charge in [-0.15, -0.1) is 11.3 Å². The van der Waals surface area contributed by atoms with Crippen molar-refractivity contribution in [3.8, 4) is 10.7 Å². The maximum absolute atomic E-state index is 4.43. The van der Waals surface area contributed by atoms with Gasteiger partial charge in [-0.05, 0) is 18.4 Å². The Hall–Kier alpha value is -1.69. The summed E-state index contributed by atoms with van der Waals surface area (Å²) in [7, 11) is 3.84. The monoisotopic (exact) mass is 249 g/mol. The predicted octanol–water partition coefficient (Wildman–Crippen LogP) is 2.10. The fourth-order valence-electron chi connectivity index (χ4n) is 1.32. The highest BCUT2D eigenvalue weighted by Gasteiger charge is 2.09. The molecule has 2 heterocycles. The first-order valence-corrected chi connectivity index (χ1v) is 6.30. The zero-order chi connectivity index (χ0) is 12.3. The zero-order valence-corrected chi connectivity index (χ0v) is 11.0. The van der Waals surface area contributed by atoms with Crippen molar-refractivity contribution in [3.05, 3.63) is 17.5 Å². The van der Waals surface area contributed by atoms with Gasteiger partial charge in [0.2, 0.25) is 11.9 Å². The second-order valence-corrected chi connectivity index (χ2v) is 4.63. The highest BCUT2D eigenvalue weighted by molar-refractivity contribution is 7.13. The van der Waals surface area contributed by atoms with Gasteiger partial charge in [0.05, 0.1) is 4.88 Å². The molecule has 90 valence electrons. The van der Waals surface area contributed by atoms with Gasteiger partial charge in [0, 0.05) is 20.6 Å². The maximum atomic E-state index is 4.43. The van der Waals surface area contributed by atoms with E-state index >= 15 is 0 Å². The SMILES string of the molecule is CCNc1nc(-c2cccs2)nc(N(C)C)n1. The Kier molecular flexibility index (Phi) is 3.53. The topological polar surface area (TPSA) is 53.9 Å². The number of hydrogen-bond acceptors (Lipinski definition) is 6. The summed E-state index contributed by atoms with van der Waals surface area (Å²) in [5, 5.41) is 5.14. The van der Waals surface area contributed by atoms with Gasteiger partial charge in [0.15, 0.2) is 5.82 Å². The van der Waals surface area contributed by atoms with Gasteiger partial charge in [-0.2, -0.15) is 15.0 Å². The largest absolute Gasteiger partial charge is 0.354 e. The summed E-state index contributed by atoms with van der Waals surface area (Å²) < 4.78 is 0. The third-order valence-electron chi connectivity index (χ3n) is 2.10. The van der Waals surface area contributed by atoms with Gasteiger partial charge >= 0.3 is 0 Å². The third-order valence-corrected chi connectivity index (χ3v) is 2.97. The smallest absolute Gasteiger partial charge is 0.230 e. The van der Waals surface area contributed by atoms with Gasteiger partial charge in [-0.3, -0.25) is 0 Å². The molecule has 0 aliphatic rings. The lowest BCUT2D eigenvalue weighted by Gasteiger charge is -2.12. The Morgan fingerprint density at radius 1 is 1.29 bits per heavy atom. The van der Waals surface area contributed by atoms with Crippen molar-refractivity contribution in [2.45, 2.75) is 6.92 Å². The molecule has 0 aromatic carbocycles. The summed E-state index contributed by atoms with van der Waals surface area (Å²) in [6.45, 7) is 2.81. The van der Waals surface area contributed by atoms with Crippen LogP contribution in [0.2, 0.25) is 0 Å². The molecule has 0 saturated carbocycles. The standard InChI is InChI=1S/C11H15N5S/c1-4-12-10-13-9(8-6-5-7-17-8)14-11(15-10)16(2)3/h5-7H,4H2,1-3H3,(H,12,13,14,15). The first kappa shape index (κ1) is 11.8. The van der Waals surface area contributed by atoms with Gasteiger partial charge in [-0.25, -0.2) is 0 Å². The van der Waals surface area contributed by atoms with Crippen molar-refractivity contribution in [1.82, 2.24) is 15.0 Å². The molecule has 0 saturated heterocycles. The number of nitrogens with one attached hydrogen (secondary N) is 1. The number of aromatic nitrogens is 3. The lowest BCUT2D eigenvalue weighted by Crippen LogP contribution is -2.15. The predicted molar refractivity (Wildman–Crippen MR) is 71.6 cm³/mol. The Morgan fingerprint density at radius 3 is 2.71 bits per heavy atom. The van der Waals surface area contributed by atoms with Crippen molar-refractivity contribution in [2.24, 2.45) is 0 Å². The van der Waals surface area contributed by atoms with Crippen molar-refractivity contribution < 1.29 is 0 Å². The van der Waals surface area contributed by atoms with E-state index in [0.717, 1.165) is 17.2 Å². The van der Waals surface area contributed by atoms with Gasteiger partial charge in [0.25, 0.3) is 0 Å². The lowest BCUT2D eigenvalue weighted by atomic mass is 10.4. The molecule has 0 fully saturated rings. The van der Waals surface area contributed by atoms with E-state index < -0.39 is 0 Å². The molecule has 0 amide bonds. The van der Waals surface area contributed by atoms with E-state index in [1.807, 2.05) is 43.4 Å². The Labute approximate surface area is 105 Å². The van der Waals surface area contributed by atoms with E-state index in [1.165, 1.54) is 0 Å². The summed E-state index contributed by atoms with van der Waals surface area (Å²) in [4.78, 5) is 16.1. The van der Waals surface area contributed by atoms with Crippen LogP contribution in [-0.4, -0.2) is 35.6 Å². The average molecular weight is 249 g/mol. The summed E-state index contributed by atoms with van der Waals surface area (Å²) in [6, 6.07) is 4.00. The molecule has 0 bridgehead atoms. The summed E-state index contributed by atoms with van der Waals surface area (Å²) in [5.74, 6) is 2.00. The lowest BCUT2D eigenvalue weighted by molar-refractivity contribution is 0.955. The van der Waals surface area contributed by atoms with E-state index in [-0.39, 0.29) is 0 Å². The van der Waals surface area contributed by atoms with E-state index in [2.05, 4.69) is 20.3 Å². The van der Waals surface area contributed by atoms with Crippen LogP contribution in [0.3, 0.4) is 0 Å². The van der Waals surface area contributed by atoms with Crippen LogP contribution in [0.4, 0.5) is 11.9 Å². The van der Waals surface area contributed by atoms with Crippen LogP contribution in [0, 0.1) is 0 Å². The number of nitrogens with zero attached hydrogens (tertiary/aromatic N) is 4. The normalized spacial score (nSPS) is 10.3. The molecule has 0 radical (unpaired) electrons. The molecule has 0 unspecified atom stereocenters. The Balaban J connectivity index is 2.44. The highest BCUT2D eigenvalue weighted by atomic mass is 32.1. The molecule has 0 aliphatic heterocycles. The molecule has 2 aromatic heterocycles. The Bertz CT molecular complexity index is 481. The summed E-state index contributed by atoms with van der Waals surface area (Å²) in [5.41, 5.74) is 0. The minimum atomic E-state index is 0.620. The minimum Gasteiger partial charge on any atom is -0.354 e. The molecule has 2 aromatic rings. The molecule has 0 aliphatic carbocycles. The van der Waals surface area contributed by atoms with Crippen LogP contribution < -0.4 is 10.2 Å². The summed E-state index contributed by atoms with van der Waals surface area (Å²) in [6.07, 6.45) is 0. The quantitative estimate of drug-likeness (QED) is 0.899. The van der Waals surface area contributed by atoms with Crippen LogP contribution in [0.5, 0.6) is 0 Å². The molecule has 5 nitrogen and oxygen atoms in total. The number of hydrogen-bond donors (Lipinski definition) is 1. The molecular formula is C11H15N5S. The number of thiophene rings is 1. The fraction of sp³-hybridized carbons (Fsp3) is 0.364. The van der Waals surface area contributed by atoms with E-state index in [1.54, 1.807) is 11.3 Å². The number of anilines is 2. The molecule has 1 N–H and O–H groups in total. The highest BCUT2D eigenvalue weighted by Crippen LogP contribution is 2.23. The van der Waals surface area contributed by atoms with E-state index in [4.69, 9.17) is 0 Å².